The van der Waals surface area contributed by atoms with Crippen LogP contribution in [0.15, 0.2) is 48.5 Å². The average Bonchev–Trinajstić information content (AvgIpc) is 2.76. The van der Waals surface area contributed by atoms with Crippen LogP contribution in [0.25, 0.3) is 0 Å². The largest absolute Gasteiger partial charge is 0.351 e. The maximum Gasteiger partial charge on any atom is 0.251 e. The molecular weight excluding hydrogens is 404 g/mol. The lowest BCUT2D eigenvalue weighted by Gasteiger charge is -2.38. The Morgan fingerprint density at radius 3 is 2.47 bits per heavy atom. The monoisotopic (exact) mass is 436 g/mol. The molecule has 4 N–H and O–H groups in total. The number of nitrogens with two attached hydrogens (primary N) is 1. The van der Waals surface area contributed by atoms with E-state index in [0.717, 1.165) is 5.56 Å². The van der Waals surface area contributed by atoms with E-state index in [-0.39, 0.29) is 35.5 Å². The van der Waals surface area contributed by atoms with Gasteiger partial charge in [0.1, 0.15) is 6.04 Å². The second-order valence-corrected chi connectivity index (χ2v) is 9.39. The number of carbonyl (C=O) groups is 3. The summed E-state index contributed by atoms with van der Waals surface area (Å²) in [6, 6.07) is 13.9. The zero-order valence-corrected chi connectivity index (χ0v) is 19.1. The topological polar surface area (TPSA) is 105 Å². The van der Waals surface area contributed by atoms with Crippen LogP contribution in [0.2, 0.25) is 0 Å². The average molecular weight is 437 g/mol. The third-order valence-electron chi connectivity index (χ3n) is 5.70. The van der Waals surface area contributed by atoms with Crippen LogP contribution in [0.4, 0.5) is 11.4 Å². The lowest BCUT2D eigenvalue weighted by Crippen LogP contribution is -2.54. The Morgan fingerprint density at radius 1 is 1.16 bits per heavy atom. The van der Waals surface area contributed by atoms with Gasteiger partial charge in [0, 0.05) is 12.1 Å². The van der Waals surface area contributed by atoms with Gasteiger partial charge < -0.3 is 16.4 Å². The van der Waals surface area contributed by atoms with E-state index in [4.69, 9.17) is 5.73 Å². The lowest BCUT2D eigenvalue weighted by atomic mass is 9.93. The summed E-state index contributed by atoms with van der Waals surface area (Å²) in [6.45, 7) is 8.66. The predicted octanol–water partition coefficient (Wildman–Crippen LogP) is 2.95. The Morgan fingerprint density at radius 2 is 1.84 bits per heavy atom. The van der Waals surface area contributed by atoms with Gasteiger partial charge in [-0.15, -0.1) is 0 Å². The van der Waals surface area contributed by atoms with Crippen LogP contribution in [0.1, 0.15) is 43.6 Å². The first-order valence-corrected chi connectivity index (χ1v) is 10.9. The second kappa shape index (κ2) is 9.53. The minimum Gasteiger partial charge on any atom is -0.351 e. The van der Waals surface area contributed by atoms with E-state index in [1.54, 1.807) is 23.1 Å². The van der Waals surface area contributed by atoms with Gasteiger partial charge in [-0.3, -0.25) is 19.3 Å². The first-order valence-electron chi connectivity index (χ1n) is 10.9. The third-order valence-corrected chi connectivity index (χ3v) is 5.70. The molecule has 3 rings (SSSR count). The fraction of sp³-hybridized carbons (Fsp3) is 0.400. The SMILES string of the molecule is CC(C)C1C(=O)Nc2cc(C(=O)NCC(C)(C)CN)ccc2N1C(=O)Cc1ccccc1. The van der Waals surface area contributed by atoms with Crippen LogP contribution in [-0.2, 0) is 16.0 Å². The summed E-state index contributed by atoms with van der Waals surface area (Å²) in [5, 5.41) is 5.78. The highest BCUT2D eigenvalue weighted by atomic mass is 16.2. The van der Waals surface area contributed by atoms with Gasteiger partial charge in [0.05, 0.1) is 17.8 Å². The number of hydrogen-bond acceptors (Lipinski definition) is 4. The molecule has 0 spiro atoms. The Hall–Kier alpha value is -3.19. The molecule has 1 atom stereocenters. The van der Waals surface area contributed by atoms with E-state index in [1.165, 1.54) is 0 Å². The van der Waals surface area contributed by atoms with Crippen molar-refractivity contribution in [3.8, 4) is 0 Å². The molecule has 0 radical (unpaired) electrons. The molecule has 1 heterocycles. The minimum absolute atomic E-state index is 0.0793. The van der Waals surface area contributed by atoms with E-state index in [0.29, 0.717) is 30.0 Å². The highest BCUT2D eigenvalue weighted by Gasteiger charge is 2.38. The van der Waals surface area contributed by atoms with Gasteiger partial charge in [-0.25, -0.2) is 0 Å². The molecule has 0 aromatic heterocycles. The molecule has 0 saturated heterocycles. The molecule has 2 aromatic carbocycles. The summed E-state index contributed by atoms with van der Waals surface area (Å²) >= 11 is 0. The van der Waals surface area contributed by atoms with E-state index < -0.39 is 6.04 Å². The molecule has 7 heteroatoms. The quantitative estimate of drug-likeness (QED) is 0.621. The van der Waals surface area contributed by atoms with Gasteiger partial charge in [0.2, 0.25) is 11.8 Å². The summed E-state index contributed by atoms with van der Waals surface area (Å²) in [5.41, 5.74) is 7.87. The Balaban J connectivity index is 1.90. The van der Waals surface area contributed by atoms with Crippen LogP contribution >= 0.6 is 0 Å². The van der Waals surface area contributed by atoms with Gasteiger partial charge in [-0.05, 0) is 41.6 Å². The van der Waals surface area contributed by atoms with Crippen molar-refractivity contribution >= 4 is 29.1 Å². The van der Waals surface area contributed by atoms with Gasteiger partial charge >= 0.3 is 0 Å². The summed E-state index contributed by atoms with van der Waals surface area (Å²) in [7, 11) is 0. The number of fused-ring (bicyclic) bond motifs is 1. The van der Waals surface area contributed by atoms with Crippen molar-refractivity contribution in [1.82, 2.24) is 5.32 Å². The van der Waals surface area contributed by atoms with Crippen molar-refractivity contribution in [2.75, 3.05) is 23.3 Å². The summed E-state index contributed by atoms with van der Waals surface area (Å²) < 4.78 is 0. The van der Waals surface area contributed by atoms with Gasteiger partial charge in [-0.1, -0.05) is 58.0 Å². The van der Waals surface area contributed by atoms with Crippen LogP contribution in [0.3, 0.4) is 0 Å². The Kier molecular flexibility index (Phi) is 6.99. The minimum atomic E-state index is -0.622. The Labute approximate surface area is 189 Å². The zero-order chi connectivity index (χ0) is 23.5. The van der Waals surface area contributed by atoms with E-state index in [1.807, 2.05) is 58.0 Å². The highest BCUT2D eigenvalue weighted by molar-refractivity contribution is 6.13. The first-order chi connectivity index (χ1) is 15.1. The van der Waals surface area contributed by atoms with Crippen molar-refractivity contribution in [2.45, 2.75) is 40.2 Å². The lowest BCUT2D eigenvalue weighted by molar-refractivity contribution is -0.124. The molecule has 0 saturated carbocycles. The number of anilines is 2. The molecule has 1 unspecified atom stereocenters. The molecule has 1 aliphatic rings. The number of benzene rings is 2. The van der Waals surface area contributed by atoms with Gasteiger partial charge in [-0.2, -0.15) is 0 Å². The molecule has 0 fully saturated rings. The third kappa shape index (κ3) is 5.16. The van der Waals surface area contributed by atoms with Crippen LogP contribution in [0.5, 0.6) is 0 Å². The fourth-order valence-electron chi connectivity index (χ4n) is 3.70. The maximum absolute atomic E-state index is 13.3. The Bertz CT molecular complexity index is 1000. The van der Waals surface area contributed by atoms with Crippen LogP contribution < -0.4 is 21.3 Å². The molecule has 1 aliphatic heterocycles. The molecule has 2 aromatic rings. The molecular formula is C25H32N4O3. The summed E-state index contributed by atoms with van der Waals surface area (Å²) in [6.07, 6.45) is 0.188. The summed E-state index contributed by atoms with van der Waals surface area (Å²) in [4.78, 5) is 40.5. The normalized spacial score (nSPS) is 15.9. The number of hydrogen-bond donors (Lipinski definition) is 3. The first kappa shape index (κ1) is 23.5. The van der Waals surface area contributed by atoms with E-state index in [9.17, 15) is 14.4 Å². The molecule has 3 amide bonds. The van der Waals surface area contributed by atoms with Gasteiger partial charge in [0.25, 0.3) is 5.91 Å². The number of amides is 3. The molecule has 0 bridgehead atoms. The summed E-state index contributed by atoms with van der Waals surface area (Å²) in [5.74, 6) is -0.746. The standard InChI is InChI=1S/C25H32N4O3/c1-16(2)22-24(32)28-19-13-18(23(31)27-15-25(3,4)14-26)10-11-20(19)29(22)21(30)12-17-8-6-5-7-9-17/h5-11,13,16,22H,12,14-15,26H2,1-4H3,(H,27,31)(H,28,32). The van der Waals surface area contributed by atoms with Crippen LogP contribution in [0, 0.1) is 11.3 Å². The maximum atomic E-state index is 13.3. The molecule has 32 heavy (non-hydrogen) atoms. The van der Waals surface area contributed by atoms with Gasteiger partial charge in [0.15, 0.2) is 0 Å². The number of carbonyl (C=O) groups excluding carboxylic acids is 3. The van der Waals surface area contributed by atoms with Crippen LogP contribution in [-0.4, -0.2) is 36.9 Å². The molecule has 7 nitrogen and oxygen atoms in total. The fourth-order valence-corrected chi connectivity index (χ4v) is 3.70. The molecule has 170 valence electrons. The van der Waals surface area contributed by atoms with E-state index >= 15 is 0 Å². The van der Waals surface area contributed by atoms with Crippen molar-refractivity contribution < 1.29 is 14.4 Å². The van der Waals surface area contributed by atoms with Crippen molar-refractivity contribution in [3.63, 3.8) is 0 Å². The zero-order valence-electron chi connectivity index (χ0n) is 19.1. The molecule has 0 aliphatic carbocycles. The van der Waals surface area contributed by atoms with E-state index in [2.05, 4.69) is 10.6 Å². The number of nitrogens with one attached hydrogen (secondary N) is 2. The highest BCUT2D eigenvalue weighted by Crippen LogP contribution is 2.35. The van der Waals surface area contributed by atoms with Crippen molar-refractivity contribution in [2.24, 2.45) is 17.1 Å². The predicted molar refractivity (Wildman–Crippen MR) is 126 cm³/mol. The number of nitrogens with zero attached hydrogens (tertiary/aromatic N) is 1. The van der Waals surface area contributed by atoms with Crippen molar-refractivity contribution in [1.29, 1.82) is 0 Å². The second-order valence-electron chi connectivity index (χ2n) is 9.39. The number of rotatable bonds is 7. The van der Waals surface area contributed by atoms with Crippen molar-refractivity contribution in [3.05, 3.63) is 59.7 Å². The smallest absolute Gasteiger partial charge is 0.251 e.